The number of aromatic nitrogens is 4. The fourth-order valence-corrected chi connectivity index (χ4v) is 3.77. The van der Waals surface area contributed by atoms with E-state index in [2.05, 4.69) is 10.1 Å². The third-order valence-corrected chi connectivity index (χ3v) is 5.12. The lowest BCUT2D eigenvalue weighted by atomic mass is 10.1. The molecule has 0 unspecified atom stereocenters. The first kappa shape index (κ1) is 15.8. The molecule has 6 nitrogen and oxygen atoms in total. The smallest absolute Gasteiger partial charge is 0.254 e. The molecule has 0 bridgehead atoms. The molecule has 1 saturated heterocycles. The molecule has 4 aromatic rings. The van der Waals surface area contributed by atoms with E-state index < -0.39 is 0 Å². The van der Waals surface area contributed by atoms with Gasteiger partial charge in [-0.1, -0.05) is 12.1 Å². The monoisotopic (exact) mass is 357 g/mol. The molecule has 27 heavy (non-hydrogen) atoms. The molecule has 1 aliphatic heterocycles. The summed E-state index contributed by atoms with van der Waals surface area (Å²) in [5, 5.41) is 4.22. The summed E-state index contributed by atoms with van der Waals surface area (Å²) in [6.45, 7) is 0.751. The molecule has 1 fully saturated rings. The van der Waals surface area contributed by atoms with Crippen molar-refractivity contribution in [1.29, 1.82) is 0 Å². The van der Waals surface area contributed by atoms with E-state index >= 15 is 0 Å². The number of para-hydroxylation sites is 2. The van der Waals surface area contributed by atoms with E-state index in [-0.39, 0.29) is 11.9 Å². The first-order chi connectivity index (χ1) is 13.3. The predicted molar refractivity (Wildman–Crippen MR) is 103 cm³/mol. The van der Waals surface area contributed by atoms with Gasteiger partial charge < -0.3 is 9.88 Å². The second-order valence-corrected chi connectivity index (χ2v) is 6.79. The molecule has 6 heteroatoms. The highest BCUT2D eigenvalue weighted by Gasteiger charge is 2.32. The zero-order chi connectivity index (χ0) is 18.2. The van der Waals surface area contributed by atoms with Gasteiger partial charge in [-0.2, -0.15) is 5.10 Å². The highest BCUT2D eigenvalue weighted by atomic mass is 16.2. The Bertz CT molecular complexity index is 1050. The van der Waals surface area contributed by atoms with E-state index in [0.29, 0.717) is 5.56 Å². The van der Waals surface area contributed by atoms with E-state index in [4.69, 9.17) is 4.98 Å². The van der Waals surface area contributed by atoms with Gasteiger partial charge in [-0.25, -0.2) is 9.67 Å². The van der Waals surface area contributed by atoms with Gasteiger partial charge in [0.2, 0.25) is 0 Å². The molecule has 1 N–H and O–H groups in total. The molecule has 0 radical (unpaired) electrons. The average Bonchev–Trinajstić information content (AvgIpc) is 3.47. The number of amides is 1. The van der Waals surface area contributed by atoms with Crippen molar-refractivity contribution >= 4 is 16.9 Å². The Balaban J connectivity index is 1.41. The molecule has 3 heterocycles. The largest absolute Gasteiger partial charge is 0.340 e. The normalized spacial score (nSPS) is 16.9. The topological polar surface area (TPSA) is 66.8 Å². The summed E-state index contributed by atoms with van der Waals surface area (Å²) in [4.78, 5) is 23.1. The van der Waals surface area contributed by atoms with Gasteiger partial charge in [-0.3, -0.25) is 4.79 Å². The first-order valence-electron chi connectivity index (χ1n) is 9.15. The number of nitrogens with zero attached hydrogens (tertiary/aromatic N) is 4. The Kier molecular flexibility index (Phi) is 3.74. The Morgan fingerprint density at radius 2 is 1.93 bits per heavy atom. The van der Waals surface area contributed by atoms with Crippen molar-refractivity contribution < 1.29 is 4.79 Å². The molecular weight excluding hydrogens is 338 g/mol. The van der Waals surface area contributed by atoms with E-state index in [1.165, 1.54) is 0 Å². The third-order valence-electron chi connectivity index (χ3n) is 5.12. The number of carbonyl (C=O) groups is 1. The van der Waals surface area contributed by atoms with Crippen LogP contribution in [0.1, 0.15) is 35.1 Å². The number of rotatable bonds is 3. The van der Waals surface area contributed by atoms with Gasteiger partial charge in [0.25, 0.3) is 5.91 Å². The molecule has 0 aliphatic carbocycles. The van der Waals surface area contributed by atoms with Gasteiger partial charge >= 0.3 is 0 Å². The summed E-state index contributed by atoms with van der Waals surface area (Å²) < 4.78 is 1.78. The second-order valence-electron chi connectivity index (χ2n) is 6.79. The standard InChI is InChI=1S/C21H19N5O/c27-21(15-8-10-16(11-9-15)26-14-4-12-22-26)25-13-3-7-19(25)20-23-17-5-1-2-6-18(17)24-20/h1-2,4-6,8-12,14,19H,3,7,13H2,(H,23,24)/t19-/m0/s1. The van der Waals surface area contributed by atoms with Crippen molar-refractivity contribution in [3.05, 3.63) is 78.4 Å². The van der Waals surface area contributed by atoms with Crippen molar-refractivity contribution in [1.82, 2.24) is 24.6 Å². The Labute approximate surface area is 156 Å². The molecule has 2 aromatic carbocycles. The number of aromatic amines is 1. The zero-order valence-electron chi connectivity index (χ0n) is 14.7. The maximum absolute atomic E-state index is 13.1. The number of H-pyrrole nitrogens is 1. The number of hydrogen-bond acceptors (Lipinski definition) is 3. The van der Waals surface area contributed by atoms with Crippen molar-refractivity contribution in [2.45, 2.75) is 18.9 Å². The van der Waals surface area contributed by atoms with Crippen LogP contribution in [0.15, 0.2) is 67.0 Å². The van der Waals surface area contributed by atoms with Gasteiger partial charge in [0.05, 0.1) is 22.8 Å². The van der Waals surface area contributed by atoms with Crippen molar-refractivity contribution in [2.24, 2.45) is 0 Å². The maximum atomic E-state index is 13.1. The second kappa shape index (κ2) is 6.39. The number of fused-ring (bicyclic) bond motifs is 1. The molecule has 5 rings (SSSR count). The van der Waals surface area contributed by atoms with E-state index in [9.17, 15) is 4.79 Å². The summed E-state index contributed by atoms with van der Waals surface area (Å²) in [5.41, 5.74) is 3.58. The number of likely N-dealkylation sites (tertiary alicyclic amines) is 1. The Hall–Kier alpha value is -3.41. The fourth-order valence-electron chi connectivity index (χ4n) is 3.77. The van der Waals surface area contributed by atoms with Crippen LogP contribution in [0.4, 0.5) is 0 Å². The number of hydrogen-bond donors (Lipinski definition) is 1. The zero-order valence-corrected chi connectivity index (χ0v) is 14.7. The van der Waals surface area contributed by atoms with Gasteiger partial charge in [0.1, 0.15) is 5.82 Å². The first-order valence-corrected chi connectivity index (χ1v) is 9.15. The third kappa shape index (κ3) is 2.79. The highest BCUT2D eigenvalue weighted by molar-refractivity contribution is 5.95. The van der Waals surface area contributed by atoms with Gasteiger partial charge in [-0.05, 0) is 55.3 Å². The minimum atomic E-state index is -0.00399. The van der Waals surface area contributed by atoms with Crippen LogP contribution in [0.2, 0.25) is 0 Å². The van der Waals surface area contributed by atoms with Crippen LogP contribution in [0, 0.1) is 0 Å². The lowest BCUT2D eigenvalue weighted by Crippen LogP contribution is -2.31. The number of nitrogens with one attached hydrogen (secondary N) is 1. The summed E-state index contributed by atoms with van der Waals surface area (Å²) >= 11 is 0. The van der Waals surface area contributed by atoms with Crippen LogP contribution in [0.25, 0.3) is 16.7 Å². The van der Waals surface area contributed by atoms with Crippen LogP contribution in [-0.2, 0) is 0 Å². The van der Waals surface area contributed by atoms with E-state index in [1.807, 2.05) is 65.7 Å². The Morgan fingerprint density at radius 3 is 2.70 bits per heavy atom. The number of carbonyl (C=O) groups excluding carboxylic acids is 1. The van der Waals surface area contributed by atoms with E-state index in [0.717, 1.165) is 41.9 Å². The van der Waals surface area contributed by atoms with Crippen LogP contribution in [0.5, 0.6) is 0 Å². The summed E-state index contributed by atoms with van der Waals surface area (Å²) in [6.07, 6.45) is 5.53. The molecule has 0 spiro atoms. The molecule has 134 valence electrons. The van der Waals surface area contributed by atoms with Crippen molar-refractivity contribution in [3.8, 4) is 5.69 Å². The molecule has 1 amide bonds. The molecular formula is C21H19N5O. The summed E-state index contributed by atoms with van der Waals surface area (Å²) in [5.74, 6) is 0.917. The molecule has 2 aromatic heterocycles. The number of benzene rings is 2. The lowest BCUT2D eigenvalue weighted by Gasteiger charge is -2.23. The molecule has 0 saturated carbocycles. The fraction of sp³-hybridized carbons (Fsp3) is 0.190. The van der Waals surface area contributed by atoms with Gasteiger partial charge in [0, 0.05) is 24.5 Å². The maximum Gasteiger partial charge on any atom is 0.254 e. The lowest BCUT2D eigenvalue weighted by molar-refractivity contribution is 0.0730. The Morgan fingerprint density at radius 1 is 1.07 bits per heavy atom. The van der Waals surface area contributed by atoms with Crippen LogP contribution in [0.3, 0.4) is 0 Å². The average molecular weight is 357 g/mol. The van der Waals surface area contributed by atoms with Crippen LogP contribution >= 0.6 is 0 Å². The van der Waals surface area contributed by atoms with Crippen molar-refractivity contribution in [3.63, 3.8) is 0 Å². The van der Waals surface area contributed by atoms with Crippen LogP contribution < -0.4 is 0 Å². The quantitative estimate of drug-likeness (QED) is 0.607. The van der Waals surface area contributed by atoms with E-state index in [1.54, 1.807) is 10.9 Å². The van der Waals surface area contributed by atoms with Crippen molar-refractivity contribution in [2.75, 3.05) is 6.54 Å². The molecule has 1 aliphatic rings. The summed E-state index contributed by atoms with van der Waals surface area (Å²) in [6, 6.07) is 17.4. The number of imidazole rings is 1. The molecule has 1 atom stereocenters. The summed E-state index contributed by atoms with van der Waals surface area (Å²) in [7, 11) is 0. The van der Waals surface area contributed by atoms with Gasteiger partial charge in [-0.15, -0.1) is 0 Å². The SMILES string of the molecule is O=C(c1ccc(-n2cccn2)cc1)N1CCC[C@H]1c1nc2ccccc2[nH]1. The minimum absolute atomic E-state index is 0.00399. The highest BCUT2D eigenvalue weighted by Crippen LogP contribution is 2.32. The van der Waals surface area contributed by atoms with Crippen LogP contribution in [-0.4, -0.2) is 37.1 Å². The predicted octanol–water partition coefficient (Wildman–Crippen LogP) is 3.73. The van der Waals surface area contributed by atoms with Gasteiger partial charge in [0.15, 0.2) is 0 Å². The minimum Gasteiger partial charge on any atom is -0.340 e.